The zero-order valence-electron chi connectivity index (χ0n) is 10.1. The maximum absolute atomic E-state index is 12.5. The molecule has 0 radical (unpaired) electrons. The molecule has 0 aliphatic carbocycles. The second-order valence-electron chi connectivity index (χ2n) is 4.34. The molecule has 104 valence electrons. The van der Waals surface area contributed by atoms with Crippen molar-refractivity contribution >= 4 is 15.5 Å². The number of ether oxygens (including phenoxy) is 1. The van der Waals surface area contributed by atoms with Crippen LogP contribution in [-0.2, 0) is 14.6 Å². The molecule has 2 unspecified atom stereocenters. The molecule has 2 atom stereocenters. The molecule has 1 aromatic rings. The van der Waals surface area contributed by atoms with E-state index in [0.29, 0.717) is 13.0 Å². The van der Waals surface area contributed by atoms with Gasteiger partial charge in [0.25, 0.3) is 5.69 Å². The Morgan fingerprint density at radius 2 is 2.05 bits per heavy atom. The van der Waals surface area contributed by atoms with Gasteiger partial charge >= 0.3 is 0 Å². The molecular formula is C11H14N2O5S. The fourth-order valence-corrected chi connectivity index (χ4v) is 3.96. The predicted molar refractivity (Wildman–Crippen MR) is 67.5 cm³/mol. The summed E-state index contributed by atoms with van der Waals surface area (Å²) in [6, 6.07) is 4.71. The number of sulfone groups is 1. The van der Waals surface area contributed by atoms with E-state index in [0.717, 1.165) is 0 Å². The van der Waals surface area contributed by atoms with Crippen LogP contribution in [-0.4, -0.2) is 37.8 Å². The van der Waals surface area contributed by atoms with Crippen molar-refractivity contribution in [1.29, 1.82) is 0 Å². The molecule has 1 heterocycles. The molecule has 1 aliphatic heterocycles. The molecule has 0 amide bonds. The number of hydrogen-bond acceptors (Lipinski definition) is 6. The number of rotatable bonds is 3. The van der Waals surface area contributed by atoms with E-state index in [2.05, 4.69) is 0 Å². The van der Waals surface area contributed by atoms with Crippen LogP contribution in [0.3, 0.4) is 0 Å². The number of hydrogen-bond donors (Lipinski definition) is 1. The minimum atomic E-state index is -3.88. The van der Waals surface area contributed by atoms with Gasteiger partial charge in [-0.1, -0.05) is 12.1 Å². The average molecular weight is 286 g/mol. The van der Waals surface area contributed by atoms with Crippen LogP contribution >= 0.6 is 0 Å². The van der Waals surface area contributed by atoms with Crippen LogP contribution in [0.4, 0.5) is 5.69 Å². The van der Waals surface area contributed by atoms with Gasteiger partial charge in [-0.3, -0.25) is 10.1 Å². The summed E-state index contributed by atoms with van der Waals surface area (Å²) in [5.74, 6) is 0. The first-order chi connectivity index (χ1) is 8.94. The first-order valence-corrected chi connectivity index (χ1v) is 7.30. The monoisotopic (exact) mass is 286 g/mol. The molecule has 1 aromatic carbocycles. The van der Waals surface area contributed by atoms with E-state index in [-0.39, 0.29) is 11.5 Å². The first kappa shape index (κ1) is 13.9. The number of para-hydroxylation sites is 1. The maximum atomic E-state index is 12.5. The van der Waals surface area contributed by atoms with Crippen molar-refractivity contribution in [1.82, 2.24) is 0 Å². The summed E-state index contributed by atoms with van der Waals surface area (Å²) in [5, 5.41) is 9.97. The second kappa shape index (κ2) is 5.24. The number of nitro benzene ring substituents is 1. The van der Waals surface area contributed by atoms with Crippen molar-refractivity contribution in [2.75, 3.05) is 13.2 Å². The summed E-state index contributed by atoms with van der Waals surface area (Å²) in [6.07, 6.45) is 0.421. The van der Waals surface area contributed by atoms with E-state index < -0.39 is 31.7 Å². The molecule has 1 fully saturated rings. The van der Waals surface area contributed by atoms with Gasteiger partial charge in [-0.25, -0.2) is 8.42 Å². The molecule has 0 spiro atoms. The third-order valence-corrected chi connectivity index (χ3v) is 5.36. The Labute approximate surface area is 110 Å². The molecule has 0 bridgehead atoms. The van der Waals surface area contributed by atoms with Crippen LogP contribution in [0, 0.1) is 10.1 Å². The number of nitro groups is 1. The zero-order valence-corrected chi connectivity index (χ0v) is 10.9. The van der Waals surface area contributed by atoms with Crippen LogP contribution < -0.4 is 5.73 Å². The molecule has 1 aliphatic rings. The zero-order chi connectivity index (χ0) is 14.0. The van der Waals surface area contributed by atoms with Gasteiger partial charge in [0, 0.05) is 18.7 Å². The summed E-state index contributed by atoms with van der Waals surface area (Å²) in [5.41, 5.74) is 5.37. The van der Waals surface area contributed by atoms with Gasteiger partial charge in [-0.2, -0.15) is 0 Å². The molecule has 2 N–H and O–H groups in total. The van der Waals surface area contributed by atoms with Gasteiger partial charge in [0.15, 0.2) is 9.84 Å². The van der Waals surface area contributed by atoms with Crippen molar-refractivity contribution in [3.05, 3.63) is 34.4 Å². The van der Waals surface area contributed by atoms with E-state index in [9.17, 15) is 18.5 Å². The topological polar surface area (TPSA) is 113 Å². The van der Waals surface area contributed by atoms with Crippen LogP contribution in [0.25, 0.3) is 0 Å². The van der Waals surface area contributed by atoms with Gasteiger partial charge in [0.05, 0.1) is 11.5 Å². The summed E-state index contributed by atoms with van der Waals surface area (Å²) in [4.78, 5) is 9.91. The fourth-order valence-electron chi connectivity index (χ4n) is 2.06. The van der Waals surface area contributed by atoms with E-state index >= 15 is 0 Å². The van der Waals surface area contributed by atoms with Crippen molar-refractivity contribution < 1.29 is 18.1 Å². The average Bonchev–Trinajstić information content (AvgIpc) is 2.39. The van der Waals surface area contributed by atoms with Crippen molar-refractivity contribution in [2.24, 2.45) is 5.73 Å². The van der Waals surface area contributed by atoms with Gasteiger partial charge in [0.1, 0.15) is 10.1 Å². The lowest BCUT2D eigenvalue weighted by Crippen LogP contribution is -2.47. The molecule has 0 aromatic heterocycles. The Hall–Kier alpha value is -1.51. The Morgan fingerprint density at radius 3 is 2.68 bits per heavy atom. The minimum absolute atomic E-state index is 0.0322. The number of benzene rings is 1. The highest BCUT2D eigenvalue weighted by Gasteiger charge is 2.38. The molecule has 7 nitrogen and oxygen atoms in total. The molecular weight excluding hydrogens is 272 g/mol. The maximum Gasteiger partial charge on any atom is 0.287 e. The normalized spacial score (nSPS) is 24.1. The smallest absolute Gasteiger partial charge is 0.287 e. The summed E-state index contributed by atoms with van der Waals surface area (Å²) >= 11 is 0. The Kier molecular flexibility index (Phi) is 3.83. The fraction of sp³-hybridized carbons (Fsp3) is 0.455. The third kappa shape index (κ3) is 2.60. The lowest BCUT2D eigenvalue weighted by atomic mass is 10.1. The van der Waals surface area contributed by atoms with Crippen LogP contribution in [0.1, 0.15) is 6.42 Å². The predicted octanol–water partition coefficient (Wildman–Crippen LogP) is 0.485. The van der Waals surface area contributed by atoms with E-state index in [1.54, 1.807) is 0 Å². The Balaban J connectivity index is 2.47. The summed E-state index contributed by atoms with van der Waals surface area (Å²) in [7, 11) is -3.88. The third-order valence-electron chi connectivity index (χ3n) is 3.12. The van der Waals surface area contributed by atoms with E-state index in [1.807, 2.05) is 0 Å². The SMILES string of the molecule is NC1CCOCC1S(=O)(=O)c1ccccc1[N+](=O)[O-]. The van der Waals surface area contributed by atoms with Crippen molar-refractivity contribution in [3.63, 3.8) is 0 Å². The van der Waals surface area contributed by atoms with Crippen LogP contribution in [0.15, 0.2) is 29.2 Å². The van der Waals surface area contributed by atoms with Crippen LogP contribution in [0.5, 0.6) is 0 Å². The highest BCUT2D eigenvalue weighted by Crippen LogP contribution is 2.29. The lowest BCUT2D eigenvalue weighted by molar-refractivity contribution is -0.387. The summed E-state index contributed by atoms with van der Waals surface area (Å²) < 4.78 is 30.0. The molecule has 19 heavy (non-hydrogen) atoms. The van der Waals surface area contributed by atoms with Crippen LogP contribution in [0.2, 0.25) is 0 Å². The van der Waals surface area contributed by atoms with Gasteiger partial charge in [-0.05, 0) is 12.5 Å². The Morgan fingerprint density at radius 1 is 1.37 bits per heavy atom. The molecule has 0 saturated carbocycles. The van der Waals surface area contributed by atoms with Gasteiger partial charge in [-0.15, -0.1) is 0 Å². The quantitative estimate of drug-likeness (QED) is 0.639. The Bertz CT molecular complexity index is 587. The van der Waals surface area contributed by atoms with E-state index in [1.165, 1.54) is 24.3 Å². The summed E-state index contributed by atoms with van der Waals surface area (Å²) in [6.45, 7) is 0.375. The molecule has 1 saturated heterocycles. The molecule has 8 heteroatoms. The van der Waals surface area contributed by atoms with E-state index in [4.69, 9.17) is 10.5 Å². The van der Waals surface area contributed by atoms with Crippen molar-refractivity contribution in [2.45, 2.75) is 22.6 Å². The second-order valence-corrected chi connectivity index (χ2v) is 6.47. The first-order valence-electron chi connectivity index (χ1n) is 5.75. The highest BCUT2D eigenvalue weighted by molar-refractivity contribution is 7.92. The number of nitrogens with zero attached hydrogens (tertiary/aromatic N) is 1. The van der Waals surface area contributed by atoms with Gasteiger partial charge < -0.3 is 10.5 Å². The van der Waals surface area contributed by atoms with Crippen molar-refractivity contribution in [3.8, 4) is 0 Å². The standard InChI is InChI=1S/C11H14N2O5S/c12-8-5-6-18-7-11(8)19(16,17)10-4-2-1-3-9(10)13(14)15/h1-4,8,11H,5-7,12H2. The molecule has 2 rings (SSSR count). The minimum Gasteiger partial charge on any atom is -0.380 e. The number of nitrogens with two attached hydrogens (primary N) is 1. The lowest BCUT2D eigenvalue weighted by Gasteiger charge is -2.28. The highest BCUT2D eigenvalue weighted by atomic mass is 32.2. The van der Waals surface area contributed by atoms with Gasteiger partial charge in [0.2, 0.25) is 0 Å². The largest absolute Gasteiger partial charge is 0.380 e.